The average molecular weight is 156 g/mol. The Morgan fingerprint density at radius 3 is 2.73 bits per heavy atom. The lowest BCUT2D eigenvalue weighted by atomic mass is 10.2. The molecule has 0 bridgehead atoms. The number of allylic oxidation sites excluding steroid dienone is 2. The fourth-order valence-corrected chi connectivity index (χ4v) is 0.783. The summed E-state index contributed by atoms with van der Waals surface area (Å²) in [5.41, 5.74) is 0. The minimum atomic E-state index is -0.354. The van der Waals surface area contributed by atoms with Gasteiger partial charge in [0.1, 0.15) is 0 Å². The molecule has 64 valence electrons. The van der Waals surface area contributed by atoms with Crippen molar-refractivity contribution in [1.29, 1.82) is 0 Å². The van der Waals surface area contributed by atoms with Crippen molar-refractivity contribution in [2.75, 3.05) is 6.61 Å². The van der Waals surface area contributed by atoms with Gasteiger partial charge in [-0.1, -0.05) is 12.7 Å². The summed E-state index contributed by atoms with van der Waals surface area (Å²) in [6, 6.07) is 0. The van der Waals surface area contributed by atoms with Crippen LogP contribution in [0.1, 0.15) is 20.3 Å². The van der Waals surface area contributed by atoms with Crippen LogP contribution in [0.4, 0.5) is 0 Å². The second kappa shape index (κ2) is 5.98. The molecule has 1 atom stereocenters. The van der Waals surface area contributed by atoms with E-state index in [2.05, 4.69) is 6.58 Å². The number of aliphatic hydroxyl groups excluding tert-OH is 1. The molecule has 0 spiro atoms. The predicted molar refractivity (Wildman–Crippen MR) is 46.2 cm³/mol. The normalized spacial score (nSPS) is 14.3. The Bertz CT molecular complexity index is 136. The van der Waals surface area contributed by atoms with Gasteiger partial charge < -0.3 is 9.84 Å². The Morgan fingerprint density at radius 1 is 1.73 bits per heavy atom. The van der Waals surface area contributed by atoms with Crippen LogP contribution in [0.15, 0.2) is 24.5 Å². The van der Waals surface area contributed by atoms with Crippen LogP contribution in [0.2, 0.25) is 0 Å². The standard InChI is InChI=1S/C9H16O2/c1-4-6-9(11-5-2)7-8(3)10/h4,6,8,10H,1,5,7H2,2-3H3/b9-6+. The maximum Gasteiger partial charge on any atom is 0.0985 e. The lowest BCUT2D eigenvalue weighted by molar-refractivity contribution is 0.148. The SMILES string of the molecule is C=C/C=C(\CC(C)O)OCC. The topological polar surface area (TPSA) is 29.5 Å². The summed E-state index contributed by atoms with van der Waals surface area (Å²) in [6.07, 6.45) is 3.64. The second-order valence-corrected chi connectivity index (χ2v) is 2.35. The van der Waals surface area contributed by atoms with Gasteiger partial charge >= 0.3 is 0 Å². The first kappa shape index (κ1) is 10.2. The summed E-state index contributed by atoms with van der Waals surface area (Å²) >= 11 is 0. The summed E-state index contributed by atoms with van der Waals surface area (Å²) in [5.74, 6) is 0.789. The molecule has 0 saturated heterocycles. The molecule has 0 radical (unpaired) electrons. The minimum absolute atomic E-state index is 0.354. The number of ether oxygens (including phenoxy) is 1. The summed E-state index contributed by atoms with van der Waals surface area (Å²) in [4.78, 5) is 0. The van der Waals surface area contributed by atoms with Crippen LogP contribution in [0, 0.1) is 0 Å². The molecular formula is C9H16O2. The molecule has 0 rings (SSSR count). The van der Waals surface area contributed by atoms with E-state index in [1.54, 1.807) is 19.1 Å². The van der Waals surface area contributed by atoms with Crippen LogP contribution < -0.4 is 0 Å². The van der Waals surface area contributed by atoms with Crippen molar-refractivity contribution in [3.05, 3.63) is 24.5 Å². The first-order chi connectivity index (χ1) is 5.20. The van der Waals surface area contributed by atoms with Gasteiger partial charge in [-0.05, 0) is 19.9 Å². The van der Waals surface area contributed by atoms with Gasteiger partial charge in [-0.15, -0.1) is 0 Å². The molecule has 0 aliphatic rings. The Balaban J connectivity index is 3.88. The Hall–Kier alpha value is -0.760. The van der Waals surface area contributed by atoms with E-state index in [4.69, 9.17) is 9.84 Å². The summed E-state index contributed by atoms with van der Waals surface area (Å²) in [6.45, 7) is 7.83. The highest BCUT2D eigenvalue weighted by Gasteiger charge is 2.00. The van der Waals surface area contributed by atoms with Gasteiger partial charge in [-0.2, -0.15) is 0 Å². The van der Waals surface area contributed by atoms with E-state index in [0.717, 1.165) is 5.76 Å². The number of hydrogen-bond acceptors (Lipinski definition) is 2. The van der Waals surface area contributed by atoms with Crippen molar-refractivity contribution in [3.8, 4) is 0 Å². The van der Waals surface area contributed by atoms with Gasteiger partial charge in [0.05, 0.1) is 18.5 Å². The highest BCUT2D eigenvalue weighted by atomic mass is 16.5. The Labute approximate surface area is 68.2 Å². The van der Waals surface area contributed by atoms with Crippen molar-refractivity contribution in [3.63, 3.8) is 0 Å². The fourth-order valence-electron chi connectivity index (χ4n) is 0.783. The van der Waals surface area contributed by atoms with E-state index < -0.39 is 0 Å². The van der Waals surface area contributed by atoms with Gasteiger partial charge in [0.25, 0.3) is 0 Å². The summed E-state index contributed by atoms with van der Waals surface area (Å²) < 4.78 is 5.22. The smallest absolute Gasteiger partial charge is 0.0985 e. The molecule has 0 aromatic heterocycles. The van der Waals surface area contributed by atoms with E-state index in [9.17, 15) is 0 Å². The zero-order valence-corrected chi connectivity index (χ0v) is 7.21. The maximum absolute atomic E-state index is 9.02. The zero-order chi connectivity index (χ0) is 8.69. The Kier molecular flexibility index (Phi) is 5.57. The molecule has 0 heterocycles. The minimum Gasteiger partial charge on any atom is -0.498 e. The van der Waals surface area contributed by atoms with Crippen LogP contribution >= 0.6 is 0 Å². The summed E-state index contributed by atoms with van der Waals surface area (Å²) in [5, 5.41) is 9.02. The predicted octanol–water partition coefficient (Wildman–Crippen LogP) is 1.86. The molecule has 0 amide bonds. The molecule has 2 heteroatoms. The van der Waals surface area contributed by atoms with E-state index in [0.29, 0.717) is 13.0 Å². The highest BCUT2D eigenvalue weighted by Crippen LogP contribution is 2.06. The van der Waals surface area contributed by atoms with Crippen molar-refractivity contribution >= 4 is 0 Å². The van der Waals surface area contributed by atoms with Crippen LogP contribution in [-0.4, -0.2) is 17.8 Å². The molecule has 0 aliphatic carbocycles. The molecule has 1 unspecified atom stereocenters. The van der Waals surface area contributed by atoms with E-state index in [1.165, 1.54) is 0 Å². The van der Waals surface area contributed by atoms with E-state index in [-0.39, 0.29) is 6.10 Å². The Morgan fingerprint density at radius 2 is 2.36 bits per heavy atom. The zero-order valence-electron chi connectivity index (χ0n) is 7.21. The molecule has 0 aliphatic heterocycles. The van der Waals surface area contributed by atoms with Crippen LogP contribution in [-0.2, 0) is 4.74 Å². The maximum atomic E-state index is 9.02. The molecule has 0 aromatic carbocycles. The van der Waals surface area contributed by atoms with Crippen LogP contribution in [0.3, 0.4) is 0 Å². The number of hydrogen-bond donors (Lipinski definition) is 1. The monoisotopic (exact) mass is 156 g/mol. The second-order valence-electron chi connectivity index (χ2n) is 2.35. The first-order valence-electron chi connectivity index (χ1n) is 3.83. The van der Waals surface area contributed by atoms with Gasteiger partial charge in [0.2, 0.25) is 0 Å². The third kappa shape index (κ3) is 5.67. The molecule has 0 saturated carbocycles. The summed E-state index contributed by atoms with van der Waals surface area (Å²) in [7, 11) is 0. The molecular weight excluding hydrogens is 140 g/mol. The highest BCUT2D eigenvalue weighted by molar-refractivity contribution is 5.04. The average Bonchev–Trinajstić information content (AvgIpc) is 1.87. The fraction of sp³-hybridized carbons (Fsp3) is 0.556. The largest absolute Gasteiger partial charge is 0.498 e. The van der Waals surface area contributed by atoms with Gasteiger partial charge in [0.15, 0.2) is 0 Å². The molecule has 11 heavy (non-hydrogen) atoms. The third-order valence-corrected chi connectivity index (χ3v) is 1.13. The van der Waals surface area contributed by atoms with Gasteiger partial charge in [-0.3, -0.25) is 0 Å². The quantitative estimate of drug-likeness (QED) is 0.486. The number of rotatable bonds is 5. The third-order valence-electron chi connectivity index (χ3n) is 1.13. The van der Waals surface area contributed by atoms with Crippen molar-refractivity contribution in [2.24, 2.45) is 0 Å². The number of aliphatic hydroxyl groups is 1. The van der Waals surface area contributed by atoms with Crippen LogP contribution in [0.25, 0.3) is 0 Å². The van der Waals surface area contributed by atoms with Gasteiger partial charge in [-0.25, -0.2) is 0 Å². The van der Waals surface area contributed by atoms with E-state index in [1.807, 2.05) is 6.92 Å². The lowest BCUT2D eigenvalue weighted by Crippen LogP contribution is -2.03. The molecule has 2 nitrogen and oxygen atoms in total. The van der Waals surface area contributed by atoms with Crippen molar-refractivity contribution in [2.45, 2.75) is 26.4 Å². The van der Waals surface area contributed by atoms with Crippen molar-refractivity contribution in [1.82, 2.24) is 0 Å². The van der Waals surface area contributed by atoms with E-state index >= 15 is 0 Å². The van der Waals surface area contributed by atoms with Crippen LogP contribution in [0.5, 0.6) is 0 Å². The molecule has 1 N–H and O–H groups in total. The lowest BCUT2D eigenvalue weighted by Gasteiger charge is -2.09. The van der Waals surface area contributed by atoms with Crippen molar-refractivity contribution < 1.29 is 9.84 Å². The first-order valence-corrected chi connectivity index (χ1v) is 3.83. The molecule has 0 aromatic rings. The molecule has 0 fully saturated rings. The van der Waals surface area contributed by atoms with Gasteiger partial charge in [0, 0.05) is 6.42 Å².